The van der Waals surface area contributed by atoms with Crippen molar-refractivity contribution in [3.63, 3.8) is 0 Å². The largest absolute Gasteiger partial charge is 0.385 e. The molecule has 1 aromatic heterocycles. The van der Waals surface area contributed by atoms with Crippen molar-refractivity contribution in [3.8, 4) is 0 Å². The van der Waals surface area contributed by atoms with Crippen molar-refractivity contribution in [3.05, 3.63) is 24.5 Å². The van der Waals surface area contributed by atoms with Gasteiger partial charge in [-0.25, -0.2) is 0 Å². The molecule has 0 atom stereocenters. The lowest BCUT2D eigenvalue weighted by molar-refractivity contribution is 0.518. The van der Waals surface area contributed by atoms with Gasteiger partial charge in [0.05, 0.1) is 0 Å². The Balaban J connectivity index is 1.67. The Hall–Kier alpha value is -1.05. The van der Waals surface area contributed by atoms with Gasteiger partial charge in [0, 0.05) is 24.6 Å². The van der Waals surface area contributed by atoms with Gasteiger partial charge < -0.3 is 5.32 Å². The second-order valence-electron chi connectivity index (χ2n) is 4.10. The molecule has 1 aliphatic rings. The summed E-state index contributed by atoms with van der Waals surface area (Å²) in [7, 11) is 0. The molecule has 1 fully saturated rings. The zero-order chi connectivity index (χ0) is 9.64. The van der Waals surface area contributed by atoms with E-state index < -0.39 is 0 Å². The number of anilines is 1. The van der Waals surface area contributed by atoms with Gasteiger partial charge in [-0.2, -0.15) is 0 Å². The average molecular weight is 190 g/mol. The summed E-state index contributed by atoms with van der Waals surface area (Å²) in [5.74, 6) is 0.976. The van der Waals surface area contributed by atoms with Crippen molar-refractivity contribution in [1.82, 2.24) is 4.98 Å². The lowest BCUT2D eigenvalue weighted by Gasteiger charge is -2.10. The molecule has 2 rings (SSSR count). The molecule has 76 valence electrons. The van der Waals surface area contributed by atoms with Gasteiger partial charge in [-0.1, -0.05) is 25.7 Å². The molecular formula is C12H18N2. The smallest absolute Gasteiger partial charge is 0.0371 e. The zero-order valence-electron chi connectivity index (χ0n) is 8.58. The van der Waals surface area contributed by atoms with Crippen LogP contribution in [0.1, 0.15) is 32.1 Å². The number of rotatable bonds is 4. The molecule has 0 aliphatic heterocycles. The van der Waals surface area contributed by atoms with E-state index in [1.165, 1.54) is 37.8 Å². The van der Waals surface area contributed by atoms with Crippen molar-refractivity contribution >= 4 is 5.69 Å². The molecule has 1 aliphatic carbocycles. The summed E-state index contributed by atoms with van der Waals surface area (Å²) in [6.07, 6.45) is 10.8. The Morgan fingerprint density at radius 3 is 2.64 bits per heavy atom. The van der Waals surface area contributed by atoms with Crippen LogP contribution in [0.5, 0.6) is 0 Å². The van der Waals surface area contributed by atoms with E-state index in [0.29, 0.717) is 0 Å². The zero-order valence-corrected chi connectivity index (χ0v) is 8.58. The molecule has 0 radical (unpaired) electrons. The topological polar surface area (TPSA) is 24.9 Å². The molecule has 2 heteroatoms. The summed E-state index contributed by atoms with van der Waals surface area (Å²) in [6.45, 7) is 1.11. The van der Waals surface area contributed by atoms with Crippen LogP contribution in [0.25, 0.3) is 0 Å². The molecule has 1 saturated carbocycles. The average Bonchev–Trinajstić information content (AvgIpc) is 2.72. The predicted octanol–water partition coefficient (Wildman–Crippen LogP) is 3.07. The summed E-state index contributed by atoms with van der Waals surface area (Å²) in [6, 6.07) is 4.04. The first-order chi connectivity index (χ1) is 6.95. The summed E-state index contributed by atoms with van der Waals surface area (Å²) >= 11 is 0. The van der Waals surface area contributed by atoms with Crippen LogP contribution in [0, 0.1) is 5.92 Å². The maximum Gasteiger partial charge on any atom is 0.0371 e. The molecule has 14 heavy (non-hydrogen) atoms. The van der Waals surface area contributed by atoms with E-state index in [9.17, 15) is 0 Å². The monoisotopic (exact) mass is 190 g/mol. The highest BCUT2D eigenvalue weighted by atomic mass is 14.9. The van der Waals surface area contributed by atoms with Gasteiger partial charge in [0.25, 0.3) is 0 Å². The van der Waals surface area contributed by atoms with Crippen LogP contribution in [0.3, 0.4) is 0 Å². The third-order valence-electron chi connectivity index (χ3n) is 3.04. The van der Waals surface area contributed by atoms with Gasteiger partial charge in [0.15, 0.2) is 0 Å². The fraction of sp³-hybridized carbons (Fsp3) is 0.583. The van der Waals surface area contributed by atoms with Gasteiger partial charge in [0.2, 0.25) is 0 Å². The number of hydrogen-bond donors (Lipinski definition) is 1. The third kappa shape index (κ3) is 2.72. The molecule has 2 nitrogen and oxygen atoms in total. The van der Waals surface area contributed by atoms with Gasteiger partial charge in [0.1, 0.15) is 0 Å². The van der Waals surface area contributed by atoms with Gasteiger partial charge in [-0.15, -0.1) is 0 Å². The van der Waals surface area contributed by atoms with E-state index in [4.69, 9.17) is 0 Å². The second-order valence-corrected chi connectivity index (χ2v) is 4.10. The van der Waals surface area contributed by atoms with Crippen molar-refractivity contribution in [2.45, 2.75) is 32.1 Å². The fourth-order valence-electron chi connectivity index (χ4n) is 2.19. The molecule has 0 spiro atoms. The first-order valence-electron chi connectivity index (χ1n) is 5.59. The minimum Gasteiger partial charge on any atom is -0.385 e. The Kier molecular flexibility index (Phi) is 3.39. The van der Waals surface area contributed by atoms with Crippen LogP contribution in [0.4, 0.5) is 5.69 Å². The summed E-state index contributed by atoms with van der Waals surface area (Å²) in [5.41, 5.74) is 1.19. The van der Waals surface area contributed by atoms with Crippen LogP contribution in [-0.4, -0.2) is 11.5 Å². The highest BCUT2D eigenvalue weighted by molar-refractivity contribution is 5.40. The maximum atomic E-state index is 3.99. The number of nitrogens with zero attached hydrogens (tertiary/aromatic N) is 1. The van der Waals surface area contributed by atoms with Gasteiger partial charge >= 0.3 is 0 Å². The molecule has 0 saturated heterocycles. The van der Waals surface area contributed by atoms with Crippen LogP contribution in [-0.2, 0) is 0 Å². The van der Waals surface area contributed by atoms with E-state index in [2.05, 4.69) is 10.3 Å². The molecule has 0 aromatic carbocycles. The molecule has 1 aromatic rings. The van der Waals surface area contributed by atoms with Crippen molar-refractivity contribution in [1.29, 1.82) is 0 Å². The third-order valence-corrected chi connectivity index (χ3v) is 3.04. The molecule has 0 unspecified atom stereocenters. The SMILES string of the molecule is c1cc(NCCC2CCCC2)ccn1. The highest BCUT2D eigenvalue weighted by Crippen LogP contribution is 2.27. The van der Waals surface area contributed by atoms with Crippen molar-refractivity contribution in [2.24, 2.45) is 5.92 Å². The fourth-order valence-corrected chi connectivity index (χ4v) is 2.19. The van der Waals surface area contributed by atoms with Crippen molar-refractivity contribution < 1.29 is 0 Å². The van der Waals surface area contributed by atoms with Crippen molar-refractivity contribution in [2.75, 3.05) is 11.9 Å². The number of aromatic nitrogens is 1. The second kappa shape index (κ2) is 4.99. The first kappa shape index (κ1) is 9.50. The molecule has 0 bridgehead atoms. The summed E-state index contributed by atoms with van der Waals surface area (Å²) < 4.78 is 0. The van der Waals surface area contributed by atoms with Crippen LogP contribution in [0.15, 0.2) is 24.5 Å². The Bertz CT molecular complexity index is 252. The summed E-state index contributed by atoms with van der Waals surface area (Å²) in [4.78, 5) is 3.99. The quantitative estimate of drug-likeness (QED) is 0.789. The van der Waals surface area contributed by atoms with Gasteiger partial charge in [-0.3, -0.25) is 4.98 Å². The van der Waals surface area contributed by atoms with E-state index >= 15 is 0 Å². The lowest BCUT2D eigenvalue weighted by Crippen LogP contribution is -2.06. The standard InChI is InChI=1S/C12H18N2/c1-2-4-11(3-1)5-10-14-12-6-8-13-9-7-12/h6-9,11H,1-5,10H2,(H,13,14). The molecule has 1 heterocycles. The number of hydrogen-bond acceptors (Lipinski definition) is 2. The minimum absolute atomic E-state index is 0.976. The molecule has 0 amide bonds. The first-order valence-corrected chi connectivity index (χ1v) is 5.59. The molecule has 1 N–H and O–H groups in total. The number of pyridine rings is 1. The lowest BCUT2D eigenvalue weighted by atomic mass is 10.0. The Morgan fingerprint density at radius 1 is 1.21 bits per heavy atom. The summed E-state index contributed by atoms with van der Waals surface area (Å²) in [5, 5.41) is 3.43. The number of nitrogens with one attached hydrogen (secondary N) is 1. The minimum atomic E-state index is 0.976. The highest BCUT2D eigenvalue weighted by Gasteiger charge is 2.13. The Labute approximate surface area is 85.7 Å². The van der Waals surface area contributed by atoms with E-state index in [1.54, 1.807) is 0 Å². The van der Waals surface area contributed by atoms with Crippen LogP contribution >= 0.6 is 0 Å². The Morgan fingerprint density at radius 2 is 1.93 bits per heavy atom. The molecular weight excluding hydrogens is 172 g/mol. The van der Waals surface area contributed by atoms with E-state index in [1.807, 2.05) is 24.5 Å². The van der Waals surface area contributed by atoms with Gasteiger partial charge in [-0.05, 0) is 24.5 Å². The normalized spacial score (nSPS) is 17.1. The van der Waals surface area contributed by atoms with E-state index in [0.717, 1.165) is 12.5 Å². The predicted molar refractivity (Wildman–Crippen MR) is 59.3 cm³/mol. The van der Waals surface area contributed by atoms with E-state index in [-0.39, 0.29) is 0 Å². The van der Waals surface area contributed by atoms with Crippen LogP contribution < -0.4 is 5.32 Å². The van der Waals surface area contributed by atoms with Crippen LogP contribution in [0.2, 0.25) is 0 Å². The maximum absolute atomic E-state index is 3.99.